The maximum atomic E-state index is 12.4. The van der Waals surface area contributed by atoms with Crippen LogP contribution in [0.4, 0.5) is 0 Å². The van der Waals surface area contributed by atoms with Gasteiger partial charge in [0.05, 0.1) is 158 Å². The van der Waals surface area contributed by atoms with Gasteiger partial charge in [-0.15, -0.1) is 0 Å². The summed E-state index contributed by atoms with van der Waals surface area (Å²) in [5.74, 6) is -0.889. The van der Waals surface area contributed by atoms with Crippen molar-refractivity contribution in [1.82, 2.24) is 20.9 Å². The minimum atomic E-state index is -1.55. The van der Waals surface area contributed by atoms with Gasteiger partial charge in [-0.05, 0) is 0 Å². The van der Waals surface area contributed by atoms with E-state index in [0.717, 1.165) is 0 Å². The predicted octanol–water partition coefficient (Wildman–Crippen LogP) is -9.72. The molecule has 0 aromatic heterocycles. The van der Waals surface area contributed by atoms with Crippen molar-refractivity contribution < 1.29 is 147 Å². The van der Waals surface area contributed by atoms with E-state index in [4.69, 9.17) is 71.1 Å². The number of aliphatic hydroxyl groups excluding tert-OH is 12. The molecular formula is C48H90N4O30. The van der Waals surface area contributed by atoms with Gasteiger partial charge in [0.2, 0.25) is 17.7 Å². The predicted molar refractivity (Wildman–Crippen MR) is 271 cm³/mol. The van der Waals surface area contributed by atoms with Crippen LogP contribution in [0.5, 0.6) is 0 Å². The molecule has 0 spiro atoms. The lowest BCUT2D eigenvalue weighted by atomic mass is 9.99. The normalized spacial score (nSPS) is 28.6. The second kappa shape index (κ2) is 44.7. The highest BCUT2D eigenvalue weighted by molar-refractivity contribution is 5.76. The Hall–Kier alpha value is -2.71. The van der Waals surface area contributed by atoms with Crippen LogP contribution in [0.15, 0.2) is 0 Å². The van der Waals surface area contributed by atoms with Gasteiger partial charge in [-0.3, -0.25) is 14.4 Å². The van der Waals surface area contributed by atoms with E-state index in [-0.39, 0.29) is 196 Å². The fourth-order valence-corrected chi connectivity index (χ4v) is 7.49. The fraction of sp³-hybridized carbons (Fsp3) is 0.938. The molecule has 15 atom stereocenters. The Morgan fingerprint density at radius 2 is 0.561 bits per heavy atom. The number of carbonyl (C=O) groups excluding carboxylic acids is 3. The minimum absolute atomic E-state index is 0.0122. The lowest BCUT2D eigenvalue weighted by Crippen LogP contribution is -2.59. The summed E-state index contributed by atoms with van der Waals surface area (Å²) in [6.07, 6.45) is -20.6. The van der Waals surface area contributed by atoms with Gasteiger partial charge in [-0.2, -0.15) is 0 Å². The maximum absolute atomic E-state index is 12.4. The molecule has 3 fully saturated rings. The monoisotopic (exact) mass is 1200 g/mol. The van der Waals surface area contributed by atoms with Crippen LogP contribution in [0, 0.1) is 0 Å². The van der Waals surface area contributed by atoms with Gasteiger partial charge in [0.15, 0.2) is 18.9 Å². The van der Waals surface area contributed by atoms with Gasteiger partial charge in [0, 0.05) is 19.6 Å². The van der Waals surface area contributed by atoms with Crippen LogP contribution in [0.1, 0.15) is 19.3 Å². The lowest BCUT2D eigenvalue weighted by Gasteiger charge is -2.39. The van der Waals surface area contributed by atoms with E-state index < -0.39 is 112 Å². The van der Waals surface area contributed by atoms with Crippen LogP contribution in [0.2, 0.25) is 0 Å². The highest BCUT2D eigenvalue weighted by Crippen LogP contribution is 2.24. The van der Waals surface area contributed by atoms with Crippen LogP contribution in [0.25, 0.3) is 0 Å². The van der Waals surface area contributed by atoms with Crippen molar-refractivity contribution in [1.29, 1.82) is 0 Å². The number of nitrogens with zero attached hydrogens (tertiary/aromatic N) is 1. The first kappa shape index (κ1) is 73.5. The highest BCUT2D eigenvalue weighted by atomic mass is 16.7. The Morgan fingerprint density at radius 1 is 0.317 bits per heavy atom. The lowest BCUT2D eigenvalue weighted by molar-refractivity contribution is -0.302. The van der Waals surface area contributed by atoms with Crippen LogP contribution < -0.4 is 16.0 Å². The summed E-state index contributed by atoms with van der Waals surface area (Å²) < 4.78 is 81.5. The molecule has 3 saturated heterocycles. The molecule has 0 aromatic carbocycles. The first-order chi connectivity index (χ1) is 39.6. The van der Waals surface area contributed by atoms with E-state index in [9.17, 15) is 75.7 Å². The molecule has 3 heterocycles. The van der Waals surface area contributed by atoms with Crippen molar-refractivity contribution in [2.45, 2.75) is 111 Å². The molecule has 82 heavy (non-hydrogen) atoms. The molecule has 0 saturated carbocycles. The zero-order valence-electron chi connectivity index (χ0n) is 46.0. The molecule has 9 unspecified atom stereocenters. The number of amides is 3. The van der Waals surface area contributed by atoms with Crippen molar-refractivity contribution in [3.05, 3.63) is 0 Å². The summed E-state index contributed by atoms with van der Waals surface area (Å²) in [7, 11) is 0. The topological polar surface area (TPSA) is 472 Å². The molecule has 3 amide bonds. The van der Waals surface area contributed by atoms with E-state index in [2.05, 4.69) is 16.0 Å². The van der Waals surface area contributed by atoms with Crippen LogP contribution in [-0.2, 0) is 85.4 Å². The summed E-state index contributed by atoms with van der Waals surface area (Å²) >= 11 is 0. The van der Waals surface area contributed by atoms with Crippen molar-refractivity contribution in [3.8, 4) is 0 Å². The summed E-state index contributed by atoms with van der Waals surface area (Å²) in [6, 6.07) is 0. The number of aliphatic hydroxyl groups is 12. The summed E-state index contributed by atoms with van der Waals surface area (Å²) in [5, 5.41) is 125. The third-order valence-electron chi connectivity index (χ3n) is 12.1. The maximum Gasteiger partial charge on any atom is 0.222 e. The third-order valence-corrected chi connectivity index (χ3v) is 12.1. The molecule has 34 heteroatoms. The summed E-state index contributed by atoms with van der Waals surface area (Å²) in [5.41, 5.74) is 0. The van der Waals surface area contributed by atoms with Gasteiger partial charge < -0.3 is 148 Å². The van der Waals surface area contributed by atoms with Gasteiger partial charge in [-0.1, -0.05) is 0 Å². The Labute approximate surface area is 474 Å². The molecule has 15 N–H and O–H groups in total. The number of ether oxygens (including phenoxy) is 15. The number of nitrogens with one attached hydrogen (secondary N) is 3. The van der Waals surface area contributed by atoms with E-state index in [0.29, 0.717) is 0 Å². The average molecular weight is 1200 g/mol. The zero-order chi connectivity index (χ0) is 59.9. The third kappa shape index (κ3) is 29.6. The van der Waals surface area contributed by atoms with Gasteiger partial charge >= 0.3 is 0 Å². The highest BCUT2D eigenvalue weighted by Gasteiger charge is 2.46. The quantitative estimate of drug-likeness (QED) is 0.0199. The van der Waals surface area contributed by atoms with Crippen molar-refractivity contribution in [2.24, 2.45) is 0 Å². The summed E-state index contributed by atoms with van der Waals surface area (Å²) in [4.78, 5) is 38.8. The molecule has 3 rings (SSSR count). The molecule has 3 aliphatic heterocycles. The number of hydrogen-bond acceptors (Lipinski definition) is 31. The average Bonchev–Trinajstić information content (AvgIpc) is 3.68. The van der Waals surface area contributed by atoms with Gasteiger partial charge in [0.1, 0.15) is 93.4 Å². The first-order valence-corrected chi connectivity index (χ1v) is 27.1. The van der Waals surface area contributed by atoms with E-state index in [1.807, 2.05) is 0 Å². The molecule has 3 aliphatic rings. The second-order valence-corrected chi connectivity index (χ2v) is 18.5. The molecule has 0 radical (unpaired) electrons. The van der Waals surface area contributed by atoms with Crippen molar-refractivity contribution in [3.63, 3.8) is 0 Å². The molecule has 0 aromatic rings. The smallest absolute Gasteiger partial charge is 0.222 e. The van der Waals surface area contributed by atoms with Crippen molar-refractivity contribution >= 4 is 17.7 Å². The number of hydrogen-bond donors (Lipinski definition) is 15. The molecule has 482 valence electrons. The summed E-state index contributed by atoms with van der Waals surface area (Å²) in [6.45, 7) is 1.00. The second-order valence-electron chi connectivity index (χ2n) is 18.5. The Balaban J connectivity index is 1.24. The minimum Gasteiger partial charge on any atom is -0.394 e. The molecule has 34 nitrogen and oxygen atoms in total. The van der Waals surface area contributed by atoms with E-state index in [1.54, 1.807) is 4.90 Å². The fourth-order valence-electron chi connectivity index (χ4n) is 7.49. The Kier molecular flexibility index (Phi) is 40.1. The van der Waals surface area contributed by atoms with E-state index in [1.165, 1.54) is 0 Å². The van der Waals surface area contributed by atoms with Gasteiger partial charge in [0.25, 0.3) is 0 Å². The van der Waals surface area contributed by atoms with Crippen molar-refractivity contribution in [2.75, 3.05) is 179 Å². The largest absolute Gasteiger partial charge is 0.394 e. The van der Waals surface area contributed by atoms with Crippen LogP contribution in [-0.4, -0.2) is 355 Å². The van der Waals surface area contributed by atoms with Gasteiger partial charge in [-0.25, -0.2) is 4.90 Å². The standard InChI is InChI=1S/C48H90N4O30/c53-25-31-37(59)40(62)43(65)46(80-31)77-22-19-71-16-13-68-10-4-49-34(56)1-7-74-28-52(29-75-8-2-35(57)50-5-11-69-14-17-72-20-23-78-47-44(66)41(63)38(60)32(26-54)81-47)30-76-9-3-36(58)51-6-12-70-15-18-73-21-24-79-48-45(67)42(64)39(61)33(27-55)82-48/h31-33,37-48,53-55,59-67H,1-30H2,(H,49,56)(H,50,57)(H,51,58)/t31?,32?,33?,37-,38-,39-,40?,41?,42?,43?,44?,45?,46+,47+,48+/m1/s1. The first-order valence-electron chi connectivity index (χ1n) is 27.1. The van der Waals surface area contributed by atoms with Crippen LogP contribution >= 0.6 is 0 Å². The SMILES string of the molecule is O=C(CCOCN(COCCC(=O)NCCOCCOCCO[C@H]1OC(CO)[C@@H](O)C(O)C1O)COCCC(=O)NCCOCCOCCO[C@H]1OC(CO)[C@@H](O)C(O)C1O)NCCOCCOCCO[C@H]1OC(CO)[C@@H](O)C(O)C1O. The Bertz CT molecular complexity index is 1460. The van der Waals surface area contributed by atoms with Crippen LogP contribution in [0.3, 0.4) is 0 Å². The zero-order valence-corrected chi connectivity index (χ0v) is 46.0. The molecule has 0 bridgehead atoms. The molecule has 0 aliphatic carbocycles. The number of carbonyl (C=O) groups is 3. The molecular weight excluding hydrogens is 1110 g/mol. The van der Waals surface area contributed by atoms with E-state index >= 15 is 0 Å². The number of rotatable bonds is 48. The Morgan fingerprint density at radius 3 is 0.817 bits per heavy atom.